The summed E-state index contributed by atoms with van der Waals surface area (Å²) in [6.45, 7) is 0. The Morgan fingerprint density at radius 3 is 2.38 bits per heavy atom. The van der Waals surface area contributed by atoms with Gasteiger partial charge in [0.05, 0.1) is 5.92 Å². The van der Waals surface area contributed by atoms with E-state index in [1.807, 2.05) is 12.2 Å². The average molecular weight is 223 g/mol. The normalized spacial score (nSPS) is 29.5. The Labute approximate surface area is 94.7 Å². The summed E-state index contributed by atoms with van der Waals surface area (Å²) in [4.78, 5) is 22.5. The van der Waals surface area contributed by atoms with Crippen LogP contribution in [-0.4, -0.2) is 23.0 Å². The molecule has 0 bridgehead atoms. The van der Waals surface area contributed by atoms with E-state index in [9.17, 15) is 9.59 Å². The number of carboxylic acids is 1. The van der Waals surface area contributed by atoms with E-state index in [0.29, 0.717) is 12.8 Å². The van der Waals surface area contributed by atoms with Crippen LogP contribution in [0, 0.1) is 11.8 Å². The molecule has 2 N–H and O–H groups in total. The third-order valence-corrected chi connectivity index (χ3v) is 3.51. The molecule has 1 amide bonds. The summed E-state index contributed by atoms with van der Waals surface area (Å²) in [5.74, 6) is -0.851. The molecule has 4 heteroatoms. The first kappa shape index (κ1) is 11.2. The predicted molar refractivity (Wildman–Crippen MR) is 58.8 cm³/mol. The number of carbonyl (C=O) groups excluding carboxylic acids is 1. The van der Waals surface area contributed by atoms with Gasteiger partial charge in [-0.1, -0.05) is 12.2 Å². The maximum Gasteiger partial charge on any atom is 0.306 e. The van der Waals surface area contributed by atoms with E-state index >= 15 is 0 Å². The van der Waals surface area contributed by atoms with Gasteiger partial charge in [-0.25, -0.2) is 0 Å². The lowest BCUT2D eigenvalue weighted by atomic mass is 10.1. The summed E-state index contributed by atoms with van der Waals surface area (Å²) in [6, 6.07) is 0.0641. The van der Waals surface area contributed by atoms with Crippen LogP contribution in [0.2, 0.25) is 0 Å². The Morgan fingerprint density at radius 1 is 1.12 bits per heavy atom. The van der Waals surface area contributed by atoms with E-state index in [0.717, 1.165) is 19.3 Å². The van der Waals surface area contributed by atoms with Crippen LogP contribution in [0.5, 0.6) is 0 Å². The zero-order chi connectivity index (χ0) is 11.5. The highest BCUT2D eigenvalue weighted by atomic mass is 16.4. The molecule has 0 aromatic heterocycles. The maximum absolute atomic E-state index is 11.8. The number of hydrogen-bond donors (Lipinski definition) is 2. The van der Waals surface area contributed by atoms with Crippen LogP contribution in [0.25, 0.3) is 0 Å². The summed E-state index contributed by atoms with van der Waals surface area (Å²) in [5.41, 5.74) is 0. The Balaban J connectivity index is 1.78. The predicted octanol–water partition coefficient (Wildman–Crippen LogP) is 1.32. The molecule has 0 spiro atoms. The van der Waals surface area contributed by atoms with E-state index in [2.05, 4.69) is 5.32 Å². The molecular weight excluding hydrogens is 206 g/mol. The van der Waals surface area contributed by atoms with Crippen molar-refractivity contribution in [3.63, 3.8) is 0 Å². The number of carboxylic acid groups (broad SMARTS) is 1. The molecule has 1 saturated carbocycles. The standard InChI is InChI=1S/C12H17NO3/c14-11(8-3-1-2-4-8)13-10-6-5-9(7-10)12(15)16/h1-2,8-10H,3-7H2,(H,13,14)(H,15,16). The van der Waals surface area contributed by atoms with Crippen LogP contribution in [0.15, 0.2) is 12.2 Å². The minimum atomic E-state index is -0.737. The van der Waals surface area contributed by atoms with E-state index in [1.165, 1.54) is 0 Å². The van der Waals surface area contributed by atoms with Crippen LogP contribution in [-0.2, 0) is 9.59 Å². The molecule has 2 unspecified atom stereocenters. The lowest BCUT2D eigenvalue weighted by Gasteiger charge is -2.15. The van der Waals surface area contributed by atoms with Gasteiger partial charge in [0, 0.05) is 12.0 Å². The molecule has 0 heterocycles. The van der Waals surface area contributed by atoms with Gasteiger partial charge in [-0.3, -0.25) is 9.59 Å². The number of hydrogen-bond acceptors (Lipinski definition) is 2. The third kappa shape index (κ3) is 2.43. The molecule has 2 aliphatic rings. The van der Waals surface area contributed by atoms with E-state index in [4.69, 9.17) is 5.11 Å². The van der Waals surface area contributed by atoms with Crippen molar-refractivity contribution in [2.75, 3.05) is 0 Å². The Kier molecular flexibility index (Phi) is 3.27. The monoisotopic (exact) mass is 223 g/mol. The average Bonchev–Trinajstić information content (AvgIpc) is 2.87. The number of allylic oxidation sites excluding steroid dienone is 2. The van der Waals surface area contributed by atoms with Crippen molar-refractivity contribution >= 4 is 11.9 Å². The number of nitrogens with one attached hydrogen (secondary N) is 1. The maximum atomic E-state index is 11.8. The molecule has 0 aromatic rings. The van der Waals surface area contributed by atoms with Gasteiger partial charge >= 0.3 is 5.97 Å². The third-order valence-electron chi connectivity index (χ3n) is 3.51. The SMILES string of the molecule is O=C(O)C1CCC(NC(=O)C2CC=CC2)C1. The second kappa shape index (κ2) is 4.68. The number of amides is 1. The van der Waals surface area contributed by atoms with Crippen molar-refractivity contribution in [3.05, 3.63) is 12.2 Å². The molecule has 88 valence electrons. The van der Waals surface area contributed by atoms with Crippen LogP contribution in [0.1, 0.15) is 32.1 Å². The van der Waals surface area contributed by atoms with Crippen molar-refractivity contribution in [2.45, 2.75) is 38.1 Å². The van der Waals surface area contributed by atoms with Gasteiger partial charge in [-0.15, -0.1) is 0 Å². The van der Waals surface area contributed by atoms with Crippen molar-refractivity contribution in [2.24, 2.45) is 11.8 Å². The van der Waals surface area contributed by atoms with Crippen LogP contribution in [0.3, 0.4) is 0 Å². The van der Waals surface area contributed by atoms with Crippen molar-refractivity contribution in [3.8, 4) is 0 Å². The molecule has 4 nitrogen and oxygen atoms in total. The first-order valence-electron chi connectivity index (χ1n) is 5.85. The van der Waals surface area contributed by atoms with Crippen LogP contribution >= 0.6 is 0 Å². The van der Waals surface area contributed by atoms with Crippen LogP contribution < -0.4 is 5.32 Å². The molecule has 2 aliphatic carbocycles. The van der Waals surface area contributed by atoms with Crippen LogP contribution in [0.4, 0.5) is 0 Å². The van der Waals surface area contributed by atoms with Gasteiger partial charge in [-0.2, -0.15) is 0 Å². The summed E-state index contributed by atoms with van der Waals surface area (Å²) in [5, 5.41) is 11.8. The largest absolute Gasteiger partial charge is 0.481 e. The van der Waals surface area contributed by atoms with Gasteiger partial charge in [0.1, 0.15) is 0 Å². The minimum absolute atomic E-state index is 0.0641. The Bertz CT molecular complexity index is 316. The van der Waals surface area contributed by atoms with Crippen molar-refractivity contribution in [1.82, 2.24) is 5.32 Å². The summed E-state index contributed by atoms with van der Waals surface area (Å²) in [6.07, 6.45) is 7.76. The van der Waals surface area contributed by atoms with Gasteiger partial charge in [0.15, 0.2) is 0 Å². The fourth-order valence-corrected chi connectivity index (χ4v) is 2.49. The lowest BCUT2D eigenvalue weighted by molar-refractivity contribution is -0.141. The van der Waals surface area contributed by atoms with E-state index in [-0.39, 0.29) is 23.8 Å². The first-order valence-corrected chi connectivity index (χ1v) is 5.85. The van der Waals surface area contributed by atoms with Crippen molar-refractivity contribution in [1.29, 1.82) is 0 Å². The molecular formula is C12H17NO3. The summed E-state index contributed by atoms with van der Waals surface area (Å²) in [7, 11) is 0. The summed E-state index contributed by atoms with van der Waals surface area (Å²) >= 11 is 0. The van der Waals surface area contributed by atoms with E-state index in [1.54, 1.807) is 0 Å². The highest BCUT2D eigenvalue weighted by molar-refractivity contribution is 5.80. The minimum Gasteiger partial charge on any atom is -0.481 e. The Morgan fingerprint density at radius 2 is 1.81 bits per heavy atom. The first-order chi connectivity index (χ1) is 7.66. The fourth-order valence-electron chi connectivity index (χ4n) is 2.49. The lowest BCUT2D eigenvalue weighted by Crippen LogP contribution is -2.37. The van der Waals surface area contributed by atoms with Gasteiger partial charge < -0.3 is 10.4 Å². The Hall–Kier alpha value is -1.32. The highest BCUT2D eigenvalue weighted by Gasteiger charge is 2.31. The molecule has 16 heavy (non-hydrogen) atoms. The molecule has 0 aromatic carbocycles. The number of carbonyl (C=O) groups is 2. The van der Waals surface area contributed by atoms with Gasteiger partial charge in [0.2, 0.25) is 5.91 Å². The highest BCUT2D eigenvalue weighted by Crippen LogP contribution is 2.26. The quantitative estimate of drug-likeness (QED) is 0.709. The molecule has 0 radical (unpaired) electrons. The summed E-state index contributed by atoms with van der Waals surface area (Å²) < 4.78 is 0. The molecule has 2 atom stereocenters. The molecule has 0 saturated heterocycles. The topological polar surface area (TPSA) is 66.4 Å². The second-order valence-electron chi connectivity index (χ2n) is 4.69. The molecule has 2 rings (SSSR count). The number of rotatable bonds is 3. The van der Waals surface area contributed by atoms with Crippen molar-refractivity contribution < 1.29 is 14.7 Å². The second-order valence-corrected chi connectivity index (χ2v) is 4.69. The van der Waals surface area contributed by atoms with Gasteiger partial charge in [-0.05, 0) is 32.1 Å². The number of aliphatic carboxylic acids is 1. The smallest absolute Gasteiger partial charge is 0.306 e. The van der Waals surface area contributed by atoms with E-state index < -0.39 is 5.97 Å². The molecule has 0 aliphatic heterocycles. The zero-order valence-corrected chi connectivity index (χ0v) is 9.19. The zero-order valence-electron chi connectivity index (χ0n) is 9.19. The molecule has 1 fully saturated rings. The van der Waals surface area contributed by atoms with Gasteiger partial charge in [0.25, 0.3) is 0 Å². The fraction of sp³-hybridized carbons (Fsp3) is 0.667.